The molecular weight excluding hydrogens is 322 g/mol. The molecule has 0 radical (unpaired) electrons. The lowest BCUT2D eigenvalue weighted by atomic mass is 9.70. The van der Waals surface area contributed by atoms with Gasteiger partial charge in [0, 0.05) is 10.5 Å². The number of halogens is 1. The first-order valence-corrected chi connectivity index (χ1v) is 9.35. The Balaban J connectivity index is 2.29. The Morgan fingerprint density at radius 3 is 2.29 bits per heavy atom. The molecular formula is C19H30BrN. The van der Waals surface area contributed by atoms with E-state index >= 15 is 0 Å². The van der Waals surface area contributed by atoms with E-state index in [2.05, 4.69) is 66.3 Å². The third kappa shape index (κ3) is 4.32. The molecule has 1 aromatic rings. The zero-order valence-corrected chi connectivity index (χ0v) is 15.4. The maximum Gasteiger partial charge on any atom is 0.0377 e. The van der Waals surface area contributed by atoms with Crippen molar-refractivity contribution in [3.8, 4) is 0 Å². The molecule has 1 unspecified atom stereocenters. The first kappa shape index (κ1) is 17.0. The van der Waals surface area contributed by atoms with Crippen molar-refractivity contribution in [1.82, 2.24) is 5.32 Å². The monoisotopic (exact) mass is 351 g/mol. The van der Waals surface area contributed by atoms with Crippen molar-refractivity contribution < 1.29 is 0 Å². The van der Waals surface area contributed by atoms with E-state index in [1.165, 1.54) is 48.6 Å². The van der Waals surface area contributed by atoms with Crippen LogP contribution in [0.2, 0.25) is 0 Å². The van der Waals surface area contributed by atoms with Gasteiger partial charge in [0.05, 0.1) is 0 Å². The van der Waals surface area contributed by atoms with E-state index in [4.69, 9.17) is 0 Å². The summed E-state index contributed by atoms with van der Waals surface area (Å²) >= 11 is 3.56. The highest BCUT2D eigenvalue weighted by Gasteiger charge is 2.41. The second kappa shape index (κ2) is 7.78. The Kier molecular flexibility index (Phi) is 6.31. The lowest BCUT2D eigenvalue weighted by Crippen LogP contribution is -2.38. The van der Waals surface area contributed by atoms with Crippen LogP contribution in [0.4, 0.5) is 0 Å². The number of hydrogen-bond acceptors (Lipinski definition) is 1. The van der Waals surface area contributed by atoms with E-state index in [0.29, 0.717) is 11.5 Å². The molecule has 0 aromatic heterocycles. The van der Waals surface area contributed by atoms with Crippen LogP contribution in [0.25, 0.3) is 0 Å². The lowest BCUT2D eigenvalue weighted by molar-refractivity contribution is 0.155. The van der Waals surface area contributed by atoms with Gasteiger partial charge in [-0.1, -0.05) is 61.7 Å². The quantitative estimate of drug-likeness (QED) is 0.625. The molecule has 0 amide bonds. The minimum Gasteiger partial charge on any atom is -0.309 e. The minimum atomic E-state index is 0.456. The second-order valence-corrected chi connectivity index (χ2v) is 8.02. The number of nitrogens with one attached hydrogen (secondary N) is 1. The van der Waals surface area contributed by atoms with Gasteiger partial charge in [-0.15, -0.1) is 0 Å². The van der Waals surface area contributed by atoms with E-state index in [-0.39, 0.29) is 0 Å². The molecule has 1 atom stereocenters. The summed E-state index contributed by atoms with van der Waals surface area (Å²) in [4.78, 5) is 0. The first-order chi connectivity index (χ1) is 10.1. The summed E-state index contributed by atoms with van der Waals surface area (Å²) in [5.41, 5.74) is 1.92. The molecule has 1 fully saturated rings. The molecule has 1 saturated carbocycles. The van der Waals surface area contributed by atoms with Gasteiger partial charge >= 0.3 is 0 Å². The summed E-state index contributed by atoms with van der Waals surface area (Å²) in [5.74, 6) is 0.768. The van der Waals surface area contributed by atoms with Crippen molar-refractivity contribution in [2.75, 3.05) is 6.54 Å². The predicted molar refractivity (Wildman–Crippen MR) is 95.5 cm³/mol. The molecule has 1 aliphatic rings. The summed E-state index contributed by atoms with van der Waals surface area (Å²) in [6.45, 7) is 8.12. The molecule has 21 heavy (non-hydrogen) atoms. The Morgan fingerprint density at radius 1 is 1.14 bits per heavy atom. The van der Waals surface area contributed by atoms with Crippen LogP contribution in [0.1, 0.15) is 70.9 Å². The molecule has 2 rings (SSSR count). The van der Waals surface area contributed by atoms with Crippen molar-refractivity contribution in [2.45, 2.75) is 65.3 Å². The molecule has 0 heterocycles. The Hall–Kier alpha value is -0.340. The van der Waals surface area contributed by atoms with Gasteiger partial charge < -0.3 is 5.32 Å². The fourth-order valence-electron chi connectivity index (χ4n) is 4.13. The summed E-state index contributed by atoms with van der Waals surface area (Å²) in [6, 6.07) is 9.49. The average molecular weight is 352 g/mol. The highest BCUT2D eigenvalue weighted by Crippen LogP contribution is 2.51. The number of hydrogen-bond donors (Lipinski definition) is 1. The number of rotatable bonds is 7. The second-order valence-electron chi connectivity index (χ2n) is 7.11. The van der Waals surface area contributed by atoms with Crippen LogP contribution < -0.4 is 5.32 Å². The maximum atomic E-state index is 3.88. The molecule has 1 nitrogen and oxygen atoms in total. The fourth-order valence-corrected chi connectivity index (χ4v) is 4.40. The molecule has 0 saturated heterocycles. The molecule has 1 aromatic carbocycles. The average Bonchev–Trinajstić information content (AvgIpc) is 2.89. The third-order valence-electron chi connectivity index (χ3n) is 4.83. The Morgan fingerprint density at radius 2 is 1.76 bits per heavy atom. The highest BCUT2D eigenvalue weighted by molar-refractivity contribution is 9.10. The highest BCUT2D eigenvalue weighted by atomic mass is 79.9. The fraction of sp³-hybridized carbons (Fsp3) is 0.684. The van der Waals surface area contributed by atoms with Crippen LogP contribution in [0, 0.1) is 11.3 Å². The van der Waals surface area contributed by atoms with E-state index in [1.807, 2.05) is 0 Å². The van der Waals surface area contributed by atoms with E-state index in [1.54, 1.807) is 0 Å². The normalized spacial score (nSPS) is 19.1. The van der Waals surface area contributed by atoms with Crippen LogP contribution in [0.15, 0.2) is 28.7 Å². The molecule has 1 aliphatic carbocycles. The van der Waals surface area contributed by atoms with Gasteiger partial charge in [-0.2, -0.15) is 0 Å². The van der Waals surface area contributed by atoms with Crippen molar-refractivity contribution in [3.63, 3.8) is 0 Å². The molecule has 0 aliphatic heterocycles. The van der Waals surface area contributed by atoms with Gasteiger partial charge in [-0.25, -0.2) is 0 Å². The predicted octanol–water partition coefficient (Wildman–Crippen LogP) is 6.10. The molecule has 118 valence electrons. The zero-order valence-electron chi connectivity index (χ0n) is 13.8. The zero-order chi connectivity index (χ0) is 15.3. The van der Waals surface area contributed by atoms with Crippen molar-refractivity contribution in [1.29, 1.82) is 0 Å². The Bertz CT molecular complexity index is 418. The maximum absolute atomic E-state index is 3.88. The van der Waals surface area contributed by atoms with Crippen molar-refractivity contribution >= 4 is 15.9 Å². The molecule has 1 N–H and O–H groups in total. The van der Waals surface area contributed by atoms with Gasteiger partial charge in [0.2, 0.25) is 0 Å². The van der Waals surface area contributed by atoms with Crippen LogP contribution in [0.5, 0.6) is 0 Å². The standard InChI is InChI=1S/C19H30BrN/c1-4-13-21-18(16-7-9-17(20)10-8-16)19(14-15(2)3)11-5-6-12-19/h7-10,15,18,21H,4-6,11-14H2,1-3H3. The van der Waals surface area contributed by atoms with E-state index in [9.17, 15) is 0 Å². The number of benzene rings is 1. The Labute approximate surface area is 139 Å². The van der Waals surface area contributed by atoms with Crippen molar-refractivity contribution in [2.24, 2.45) is 11.3 Å². The van der Waals surface area contributed by atoms with Crippen LogP contribution in [-0.2, 0) is 0 Å². The van der Waals surface area contributed by atoms with Gasteiger partial charge in [0.1, 0.15) is 0 Å². The summed E-state index contributed by atoms with van der Waals surface area (Å²) in [6.07, 6.45) is 8.08. The molecule has 0 bridgehead atoms. The topological polar surface area (TPSA) is 12.0 Å². The summed E-state index contributed by atoms with van der Waals surface area (Å²) in [7, 11) is 0. The molecule has 2 heteroatoms. The minimum absolute atomic E-state index is 0.456. The van der Waals surface area contributed by atoms with Gasteiger partial charge in [0.25, 0.3) is 0 Å². The van der Waals surface area contributed by atoms with Crippen molar-refractivity contribution in [3.05, 3.63) is 34.3 Å². The van der Waals surface area contributed by atoms with Gasteiger partial charge in [-0.05, 0) is 61.3 Å². The van der Waals surface area contributed by atoms with Gasteiger partial charge in [0.15, 0.2) is 0 Å². The SMILES string of the molecule is CCCNC(c1ccc(Br)cc1)C1(CC(C)C)CCCC1. The largest absolute Gasteiger partial charge is 0.309 e. The summed E-state index contributed by atoms with van der Waals surface area (Å²) in [5, 5.41) is 3.88. The first-order valence-electron chi connectivity index (χ1n) is 8.56. The smallest absolute Gasteiger partial charge is 0.0377 e. The van der Waals surface area contributed by atoms with E-state index in [0.717, 1.165) is 12.5 Å². The lowest BCUT2D eigenvalue weighted by Gasteiger charge is -2.40. The van der Waals surface area contributed by atoms with Crippen LogP contribution >= 0.6 is 15.9 Å². The van der Waals surface area contributed by atoms with Crippen LogP contribution in [-0.4, -0.2) is 6.54 Å². The van der Waals surface area contributed by atoms with Gasteiger partial charge in [-0.3, -0.25) is 0 Å². The van der Waals surface area contributed by atoms with E-state index < -0.39 is 0 Å². The summed E-state index contributed by atoms with van der Waals surface area (Å²) < 4.78 is 1.17. The third-order valence-corrected chi connectivity index (χ3v) is 5.36. The molecule has 0 spiro atoms. The van der Waals surface area contributed by atoms with Crippen LogP contribution in [0.3, 0.4) is 0 Å².